The molecule has 0 saturated carbocycles. The summed E-state index contributed by atoms with van der Waals surface area (Å²) in [6, 6.07) is 4.60. The first kappa shape index (κ1) is 17.4. The molecule has 0 atom stereocenters. The number of aromatic amines is 1. The van der Waals surface area contributed by atoms with Crippen molar-refractivity contribution in [1.82, 2.24) is 4.98 Å². The van der Waals surface area contributed by atoms with Gasteiger partial charge in [0.15, 0.2) is 0 Å². The van der Waals surface area contributed by atoms with Gasteiger partial charge in [-0.25, -0.2) is 9.59 Å². The third-order valence-electron chi connectivity index (χ3n) is 3.41. The molecule has 0 spiro atoms. The lowest BCUT2D eigenvalue weighted by Crippen LogP contribution is -2.24. The number of carboxylic acid groups (broad SMARTS) is 2. The molecule has 2 rings (SSSR count). The SMILES string of the molecule is CN(C)c1ccc(-c2c(C(=O)O)c(N)[nH]c(=O)c2C(=O)O)c(Cl)c1. The number of nitrogens with zero attached hydrogens (tertiary/aromatic N) is 1. The van der Waals surface area contributed by atoms with Gasteiger partial charge in [0, 0.05) is 30.9 Å². The zero-order valence-corrected chi connectivity index (χ0v) is 13.5. The second kappa shape index (κ2) is 6.25. The lowest BCUT2D eigenvalue weighted by atomic mass is 9.95. The van der Waals surface area contributed by atoms with Crippen LogP contribution in [0, 0.1) is 0 Å². The normalized spacial score (nSPS) is 10.5. The van der Waals surface area contributed by atoms with E-state index in [2.05, 4.69) is 0 Å². The minimum absolute atomic E-state index is 0.0925. The van der Waals surface area contributed by atoms with Gasteiger partial charge in [0.2, 0.25) is 0 Å². The van der Waals surface area contributed by atoms with Crippen LogP contribution in [0.1, 0.15) is 20.7 Å². The number of hydrogen-bond acceptors (Lipinski definition) is 5. The number of halogens is 1. The number of aromatic carboxylic acids is 2. The Morgan fingerprint density at radius 2 is 1.75 bits per heavy atom. The number of carbonyl (C=O) groups is 2. The van der Waals surface area contributed by atoms with Crippen LogP contribution >= 0.6 is 11.6 Å². The number of rotatable bonds is 4. The standard InChI is InChI=1S/C15H14ClN3O5/c1-19(2)6-3-4-7(8(16)5-6)9-10(14(21)22)12(17)18-13(20)11(9)15(23)24/h3-5H,1-2H3,(H,21,22)(H,23,24)(H3,17,18,20). The summed E-state index contributed by atoms with van der Waals surface area (Å²) >= 11 is 6.20. The maximum atomic E-state index is 12.0. The van der Waals surface area contributed by atoms with Crippen LogP contribution in [0.3, 0.4) is 0 Å². The third-order valence-corrected chi connectivity index (χ3v) is 3.72. The van der Waals surface area contributed by atoms with Crippen molar-refractivity contribution >= 4 is 35.0 Å². The molecule has 126 valence electrons. The Kier molecular flexibility index (Phi) is 4.52. The predicted octanol–water partition coefficient (Wildman–Crippen LogP) is 1.74. The Bertz CT molecular complexity index is 905. The molecule has 0 radical (unpaired) electrons. The second-order valence-electron chi connectivity index (χ2n) is 5.16. The molecular weight excluding hydrogens is 338 g/mol. The van der Waals surface area contributed by atoms with Crippen LogP contribution < -0.4 is 16.2 Å². The van der Waals surface area contributed by atoms with E-state index in [1.165, 1.54) is 12.1 Å². The zero-order valence-electron chi connectivity index (χ0n) is 12.8. The summed E-state index contributed by atoms with van der Waals surface area (Å²) in [5.74, 6) is -3.50. The first-order chi connectivity index (χ1) is 11.1. The summed E-state index contributed by atoms with van der Waals surface area (Å²) in [5.41, 5.74) is 3.80. The molecule has 1 aromatic carbocycles. The molecule has 5 N–H and O–H groups in total. The Morgan fingerprint density at radius 3 is 2.21 bits per heavy atom. The molecule has 0 aliphatic heterocycles. The fourth-order valence-electron chi connectivity index (χ4n) is 2.30. The Balaban J connectivity index is 2.94. The molecule has 1 aromatic heterocycles. The van der Waals surface area contributed by atoms with Crippen LogP contribution in [-0.4, -0.2) is 41.2 Å². The highest BCUT2D eigenvalue weighted by Crippen LogP contribution is 2.36. The highest BCUT2D eigenvalue weighted by Gasteiger charge is 2.27. The smallest absolute Gasteiger partial charge is 0.342 e. The summed E-state index contributed by atoms with van der Waals surface area (Å²) < 4.78 is 0. The van der Waals surface area contributed by atoms with Crippen molar-refractivity contribution in [3.63, 3.8) is 0 Å². The average molecular weight is 352 g/mol. The zero-order chi connectivity index (χ0) is 18.2. The van der Waals surface area contributed by atoms with Crippen LogP contribution in [0.25, 0.3) is 11.1 Å². The van der Waals surface area contributed by atoms with E-state index in [1.807, 2.05) is 4.98 Å². The molecule has 0 saturated heterocycles. The summed E-state index contributed by atoms with van der Waals surface area (Å²) in [7, 11) is 3.56. The van der Waals surface area contributed by atoms with Crippen LogP contribution in [0.4, 0.5) is 11.5 Å². The van der Waals surface area contributed by atoms with E-state index in [-0.39, 0.29) is 16.1 Å². The van der Waals surface area contributed by atoms with E-state index in [9.17, 15) is 24.6 Å². The second-order valence-corrected chi connectivity index (χ2v) is 5.57. The number of hydrogen-bond donors (Lipinski definition) is 4. The van der Waals surface area contributed by atoms with E-state index >= 15 is 0 Å². The molecule has 24 heavy (non-hydrogen) atoms. The molecule has 0 aliphatic carbocycles. The van der Waals surface area contributed by atoms with Gasteiger partial charge in [0.25, 0.3) is 5.56 Å². The summed E-state index contributed by atoms with van der Waals surface area (Å²) in [6.07, 6.45) is 0. The summed E-state index contributed by atoms with van der Waals surface area (Å²) in [6.45, 7) is 0. The van der Waals surface area contributed by atoms with Crippen molar-refractivity contribution in [2.75, 3.05) is 24.7 Å². The minimum atomic E-state index is -1.58. The average Bonchev–Trinajstić information content (AvgIpc) is 2.45. The number of carboxylic acids is 2. The van der Waals surface area contributed by atoms with Crippen molar-refractivity contribution in [3.8, 4) is 11.1 Å². The highest BCUT2D eigenvalue weighted by molar-refractivity contribution is 6.34. The van der Waals surface area contributed by atoms with E-state index < -0.39 is 34.4 Å². The molecule has 0 unspecified atom stereocenters. The van der Waals surface area contributed by atoms with Crippen molar-refractivity contribution < 1.29 is 19.8 Å². The lowest BCUT2D eigenvalue weighted by molar-refractivity contribution is 0.0695. The first-order valence-electron chi connectivity index (χ1n) is 6.64. The Labute approximate surface area is 141 Å². The number of nitrogens with two attached hydrogens (primary N) is 1. The van der Waals surface area contributed by atoms with Gasteiger partial charge in [0.1, 0.15) is 16.9 Å². The third kappa shape index (κ3) is 2.91. The molecule has 2 aromatic rings. The number of nitrogen functional groups attached to an aromatic ring is 1. The molecule has 0 bridgehead atoms. The van der Waals surface area contributed by atoms with Crippen molar-refractivity contribution in [2.45, 2.75) is 0 Å². The van der Waals surface area contributed by atoms with Crippen molar-refractivity contribution in [3.05, 3.63) is 44.7 Å². The van der Waals surface area contributed by atoms with Crippen LogP contribution in [-0.2, 0) is 0 Å². The Hall–Kier alpha value is -3.00. The van der Waals surface area contributed by atoms with Crippen LogP contribution in [0.2, 0.25) is 5.02 Å². The monoisotopic (exact) mass is 351 g/mol. The maximum absolute atomic E-state index is 12.0. The van der Waals surface area contributed by atoms with Crippen LogP contribution in [0.5, 0.6) is 0 Å². The number of nitrogens with one attached hydrogen (secondary N) is 1. The van der Waals surface area contributed by atoms with Gasteiger partial charge in [-0.3, -0.25) is 4.79 Å². The number of H-pyrrole nitrogens is 1. The van der Waals surface area contributed by atoms with Crippen LogP contribution in [0.15, 0.2) is 23.0 Å². The molecule has 0 amide bonds. The predicted molar refractivity (Wildman–Crippen MR) is 90.2 cm³/mol. The molecule has 0 fully saturated rings. The largest absolute Gasteiger partial charge is 0.478 e. The van der Waals surface area contributed by atoms with E-state index in [1.54, 1.807) is 25.1 Å². The van der Waals surface area contributed by atoms with Gasteiger partial charge in [-0.05, 0) is 12.1 Å². The fraction of sp³-hybridized carbons (Fsp3) is 0.133. The van der Waals surface area contributed by atoms with Gasteiger partial charge in [0.05, 0.1) is 5.02 Å². The molecule has 9 heteroatoms. The van der Waals surface area contributed by atoms with Crippen molar-refractivity contribution in [2.24, 2.45) is 0 Å². The Morgan fingerprint density at radius 1 is 1.17 bits per heavy atom. The van der Waals surface area contributed by atoms with E-state index in [0.29, 0.717) is 0 Å². The number of pyridine rings is 1. The molecule has 0 aliphatic rings. The molecule has 1 heterocycles. The maximum Gasteiger partial charge on any atom is 0.342 e. The topological polar surface area (TPSA) is 137 Å². The highest BCUT2D eigenvalue weighted by atomic mass is 35.5. The molecule has 8 nitrogen and oxygen atoms in total. The first-order valence-corrected chi connectivity index (χ1v) is 7.02. The van der Waals surface area contributed by atoms with Gasteiger partial charge >= 0.3 is 11.9 Å². The van der Waals surface area contributed by atoms with Gasteiger partial charge in [-0.1, -0.05) is 17.7 Å². The number of aromatic nitrogens is 1. The quantitative estimate of drug-likeness (QED) is 0.658. The fourth-order valence-corrected chi connectivity index (χ4v) is 2.57. The van der Waals surface area contributed by atoms with Gasteiger partial charge < -0.3 is 25.8 Å². The number of benzene rings is 1. The van der Waals surface area contributed by atoms with E-state index in [4.69, 9.17) is 17.3 Å². The van der Waals surface area contributed by atoms with Gasteiger partial charge in [-0.2, -0.15) is 0 Å². The van der Waals surface area contributed by atoms with Gasteiger partial charge in [-0.15, -0.1) is 0 Å². The van der Waals surface area contributed by atoms with Crippen molar-refractivity contribution in [1.29, 1.82) is 0 Å². The lowest BCUT2D eigenvalue weighted by Gasteiger charge is -2.16. The minimum Gasteiger partial charge on any atom is -0.478 e. The summed E-state index contributed by atoms with van der Waals surface area (Å²) in [5, 5.41) is 18.8. The summed E-state index contributed by atoms with van der Waals surface area (Å²) in [4.78, 5) is 38.8. The van der Waals surface area contributed by atoms with E-state index in [0.717, 1.165) is 5.69 Å². The number of anilines is 2. The molecular formula is C15H14ClN3O5.